The summed E-state index contributed by atoms with van der Waals surface area (Å²) < 4.78 is 4.97. The van der Waals surface area contributed by atoms with Crippen LogP contribution in [0.15, 0.2) is 42.6 Å². The molecular formula is C13H13N3O3. The maximum atomic E-state index is 10.5. The molecule has 6 heteroatoms. The quantitative estimate of drug-likeness (QED) is 0.659. The van der Waals surface area contributed by atoms with Gasteiger partial charge in [0.05, 0.1) is 12.0 Å². The van der Waals surface area contributed by atoms with Gasteiger partial charge in [-0.25, -0.2) is 4.98 Å². The average molecular weight is 259 g/mol. The summed E-state index contributed by atoms with van der Waals surface area (Å²) in [6.07, 6.45) is 1.72. The predicted molar refractivity (Wildman–Crippen MR) is 71.2 cm³/mol. The molecule has 0 unspecified atom stereocenters. The Kier molecular flexibility index (Phi) is 3.92. The van der Waals surface area contributed by atoms with Crippen LogP contribution in [0, 0.1) is 10.1 Å². The van der Waals surface area contributed by atoms with Crippen molar-refractivity contribution in [1.29, 1.82) is 0 Å². The van der Waals surface area contributed by atoms with Crippen molar-refractivity contribution >= 4 is 11.4 Å². The van der Waals surface area contributed by atoms with Gasteiger partial charge in [0.1, 0.15) is 0 Å². The van der Waals surface area contributed by atoms with E-state index in [1.54, 1.807) is 31.5 Å². The van der Waals surface area contributed by atoms with Crippen LogP contribution in [-0.2, 0) is 6.54 Å². The number of ether oxygens (including phenoxy) is 1. The van der Waals surface area contributed by atoms with Crippen molar-refractivity contribution in [3.63, 3.8) is 0 Å². The van der Waals surface area contributed by atoms with Crippen molar-refractivity contribution < 1.29 is 9.66 Å². The highest BCUT2D eigenvalue weighted by atomic mass is 16.6. The number of non-ortho nitro benzene ring substituents is 1. The molecule has 0 amide bonds. The Bertz CT molecular complexity index is 552. The van der Waals surface area contributed by atoms with Crippen LogP contribution in [0.1, 0.15) is 5.56 Å². The number of hydrogen-bond donors (Lipinski definition) is 1. The summed E-state index contributed by atoms with van der Waals surface area (Å²) in [5, 5.41) is 13.7. The molecule has 1 aromatic heterocycles. The van der Waals surface area contributed by atoms with Gasteiger partial charge in [0.25, 0.3) is 5.69 Å². The Balaban J connectivity index is 1.95. The lowest BCUT2D eigenvalue weighted by molar-refractivity contribution is -0.384. The van der Waals surface area contributed by atoms with Crippen LogP contribution in [0.5, 0.6) is 5.88 Å². The van der Waals surface area contributed by atoms with E-state index < -0.39 is 4.92 Å². The highest BCUT2D eigenvalue weighted by Crippen LogP contribution is 2.16. The normalized spacial score (nSPS) is 9.95. The van der Waals surface area contributed by atoms with Crippen molar-refractivity contribution in [2.24, 2.45) is 0 Å². The maximum Gasteiger partial charge on any atom is 0.269 e. The van der Waals surface area contributed by atoms with E-state index in [4.69, 9.17) is 4.74 Å². The van der Waals surface area contributed by atoms with Crippen LogP contribution in [0.25, 0.3) is 0 Å². The topological polar surface area (TPSA) is 77.3 Å². The minimum atomic E-state index is -0.419. The molecule has 0 fully saturated rings. The number of nitro benzene ring substituents is 1. The minimum Gasteiger partial charge on any atom is -0.481 e. The van der Waals surface area contributed by atoms with Crippen molar-refractivity contribution in [2.75, 3.05) is 12.4 Å². The fourth-order valence-electron chi connectivity index (χ4n) is 1.54. The zero-order valence-corrected chi connectivity index (χ0v) is 10.4. The molecule has 0 radical (unpaired) electrons. The molecule has 0 saturated carbocycles. The highest BCUT2D eigenvalue weighted by molar-refractivity contribution is 5.48. The number of methoxy groups -OCH3 is 1. The molecule has 0 saturated heterocycles. The first-order valence-electron chi connectivity index (χ1n) is 5.66. The van der Waals surface area contributed by atoms with E-state index in [0.717, 1.165) is 11.3 Å². The van der Waals surface area contributed by atoms with Gasteiger partial charge in [-0.05, 0) is 17.7 Å². The molecular weight excluding hydrogens is 246 g/mol. The first-order valence-corrected chi connectivity index (χ1v) is 5.66. The molecule has 0 aliphatic heterocycles. The standard InChI is InChI=1S/C13H13N3O3/c1-19-13-7-2-10(9-15-13)8-14-11-3-5-12(6-4-11)16(17)18/h2-7,9,14H,8H2,1H3. The molecule has 1 aromatic carbocycles. The Labute approximate surface area is 110 Å². The molecule has 0 aliphatic rings. The summed E-state index contributed by atoms with van der Waals surface area (Å²) in [7, 11) is 1.57. The van der Waals surface area contributed by atoms with Gasteiger partial charge in [0.15, 0.2) is 0 Å². The van der Waals surface area contributed by atoms with E-state index in [0.29, 0.717) is 12.4 Å². The van der Waals surface area contributed by atoms with Crippen molar-refractivity contribution in [3.8, 4) is 5.88 Å². The van der Waals surface area contributed by atoms with Crippen LogP contribution in [0.4, 0.5) is 11.4 Å². The van der Waals surface area contributed by atoms with Crippen molar-refractivity contribution in [3.05, 3.63) is 58.3 Å². The molecule has 0 aliphatic carbocycles. The van der Waals surface area contributed by atoms with Crippen LogP contribution in [0.2, 0.25) is 0 Å². The minimum absolute atomic E-state index is 0.0802. The number of nitrogens with zero attached hydrogens (tertiary/aromatic N) is 2. The number of anilines is 1. The third-order valence-corrected chi connectivity index (χ3v) is 2.58. The third-order valence-electron chi connectivity index (χ3n) is 2.58. The summed E-state index contributed by atoms with van der Waals surface area (Å²) in [6, 6.07) is 9.98. The van der Waals surface area contributed by atoms with E-state index in [9.17, 15) is 10.1 Å². The Morgan fingerprint density at radius 1 is 1.26 bits per heavy atom. The molecule has 1 N–H and O–H groups in total. The second-order valence-electron chi connectivity index (χ2n) is 3.87. The molecule has 19 heavy (non-hydrogen) atoms. The van der Waals surface area contributed by atoms with Crippen LogP contribution < -0.4 is 10.1 Å². The fourth-order valence-corrected chi connectivity index (χ4v) is 1.54. The van der Waals surface area contributed by atoms with Crippen LogP contribution >= 0.6 is 0 Å². The van der Waals surface area contributed by atoms with Gasteiger partial charge >= 0.3 is 0 Å². The Hall–Kier alpha value is -2.63. The van der Waals surface area contributed by atoms with Gasteiger partial charge in [-0.2, -0.15) is 0 Å². The first kappa shape index (κ1) is 12.8. The number of rotatable bonds is 5. The lowest BCUT2D eigenvalue weighted by Gasteiger charge is -2.06. The molecule has 1 heterocycles. The fraction of sp³-hybridized carbons (Fsp3) is 0.154. The lowest BCUT2D eigenvalue weighted by Crippen LogP contribution is -2.00. The number of benzene rings is 1. The molecule has 0 spiro atoms. The smallest absolute Gasteiger partial charge is 0.269 e. The van der Waals surface area contributed by atoms with Gasteiger partial charge in [-0.3, -0.25) is 10.1 Å². The van der Waals surface area contributed by atoms with E-state index in [1.165, 1.54) is 12.1 Å². The number of aromatic nitrogens is 1. The van der Waals surface area contributed by atoms with Gasteiger partial charge in [0, 0.05) is 36.6 Å². The largest absolute Gasteiger partial charge is 0.481 e. The number of nitro groups is 1. The Morgan fingerprint density at radius 3 is 2.53 bits per heavy atom. The van der Waals surface area contributed by atoms with E-state index in [1.807, 2.05) is 6.07 Å². The van der Waals surface area contributed by atoms with E-state index >= 15 is 0 Å². The van der Waals surface area contributed by atoms with Crippen LogP contribution in [-0.4, -0.2) is 17.0 Å². The summed E-state index contributed by atoms with van der Waals surface area (Å²) in [4.78, 5) is 14.2. The van der Waals surface area contributed by atoms with Crippen molar-refractivity contribution in [2.45, 2.75) is 6.54 Å². The molecule has 98 valence electrons. The number of hydrogen-bond acceptors (Lipinski definition) is 5. The third kappa shape index (κ3) is 3.41. The number of pyridine rings is 1. The van der Waals surface area contributed by atoms with Gasteiger partial charge < -0.3 is 10.1 Å². The summed E-state index contributed by atoms with van der Waals surface area (Å²) in [5.74, 6) is 0.569. The molecule has 0 bridgehead atoms. The molecule has 0 atom stereocenters. The van der Waals surface area contributed by atoms with Crippen molar-refractivity contribution in [1.82, 2.24) is 4.98 Å². The Morgan fingerprint density at radius 2 is 2.00 bits per heavy atom. The second kappa shape index (κ2) is 5.81. The zero-order valence-electron chi connectivity index (χ0n) is 10.4. The maximum absolute atomic E-state index is 10.5. The van der Waals surface area contributed by atoms with Gasteiger partial charge in [-0.15, -0.1) is 0 Å². The van der Waals surface area contributed by atoms with E-state index in [-0.39, 0.29) is 5.69 Å². The lowest BCUT2D eigenvalue weighted by atomic mass is 10.2. The average Bonchev–Trinajstić information content (AvgIpc) is 2.46. The first-order chi connectivity index (χ1) is 9.19. The molecule has 2 rings (SSSR count). The number of nitrogens with one attached hydrogen (secondary N) is 1. The summed E-state index contributed by atoms with van der Waals surface area (Å²) in [5.41, 5.74) is 1.90. The van der Waals surface area contributed by atoms with Gasteiger partial charge in [-0.1, -0.05) is 6.07 Å². The SMILES string of the molecule is COc1ccc(CNc2ccc([N+](=O)[O-])cc2)cn1. The predicted octanol–water partition coefficient (Wildman–Crippen LogP) is 2.61. The molecule has 6 nitrogen and oxygen atoms in total. The highest BCUT2D eigenvalue weighted by Gasteiger charge is 2.03. The monoisotopic (exact) mass is 259 g/mol. The molecule has 2 aromatic rings. The second-order valence-corrected chi connectivity index (χ2v) is 3.87. The summed E-state index contributed by atoms with van der Waals surface area (Å²) >= 11 is 0. The zero-order chi connectivity index (χ0) is 13.7. The van der Waals surface area contributed by atoms with Gasteiger partial charge in [0.2, 0.25) is 5.88 Å². The summed E-state index contributed by atoms with van der Waals surface area (Å²) in [6.45, 7) is 0.592. The van der Waals surface area contributed by atoms with E-state index in [2.05, 4.69) is 10.3 Å². The van der Waals surface area contributed by atoms with Crippen LogP contribution in [0.3, 0.4) is 0 Å².